The summed E-state index contributed by atoms with van der Waals surface area (Å²) in [7, 11) is 0. The molecule has 0 atom stereocenters. The van der Waals surface area contributed by atoms with Crippen LogP contribution >= 0.6 is 0 Å². The monoisotopic (exact) mass is 246 g/mol. The van der Waals surface area contributed by atoms with Gasteiger partial charge >= 0.3 is 0 Å². The van der Waals surface area contributed by atoms with E-state index in [-0.39, 0.29) is 41.8 Å². The van der Waals surface area contributed by atoms with Gasteiger partial charge in [-0.1, -0.05) is 6.92 Å². The lowest BCUT2D eigenvalue weighted by Crippen LogP contribution is -2.43. The molecule has 0 aliphatic carbocycles. The lowest BCUT2D eigenvalue weighted by molar-refractivity contribution is -0.130. The molecule has 0 unspecified atom stereocenters. The number of carbonyl (C=O) groups is 2. The van der Waals surface area contributed by atoms with E-state index in [1.165, 1.54) is 6.07 Å². The van der Waals surface area contributed by atoms with Crippen molar-refractivity contribution in [3.8, 4) is 6.07 Å². The molecule has 1 aromatic rings. The van der Waals surface area contributed by atoms with Crippen molar-refractivity contribution in [1.29, 1.82) is 5.26 Å². The number of anilines is 1. The summed E-state index contributed by atoms with van der Waals surface area (Å²) < 4.78 is 13.0. The van der Waals surface area contributed by atoms with Gasteiger partial charge < -0.3 is 0 Å². The number of halogens is 1. The van der Waals surface area contributed by atoms with Crippen LogP contribution in [0.4, 0.5) is 10.1 Å². The molecule has 0 N–H and O–H groups in total. The first kappa shape index (κ1) is 12.2. The first-order chi connectivity index (χ1) is 8.52. The molecule has 1 heterocycles. The molecule has 2 rings (SSSR count). The first-order valence-corrected chi connectivity index (χ1v) is 5.58. The van der Waals surface area contributed by atoms with Gasteiger partial charge in [-0.2, -0.15) is 5.26 Å². The van der Waals surface area contributed by atoms with Gasteiger partial charge in [0, 0.05) is 12.8 Å². The highest BCUT2D eigenvalue weighted by Crippen LogP contribution is 2.28. The molecule has 0 saturated carbocycles. The number of carbonyl (C=O) groups excluding carboxylic acids is 2. The summed E-state index contributed by atoms with van der Waals surface area (Å²) in [5.74, 6) is -1.25. The minimum atomic E-state index is -0.569. The molecule has 18 heavy (non-hydrogen) atoms. The normalized spacial score (nSPS) is 16.8. The quantitative estimate of drug-likeness (QED) is 0.712. The zero-order chi connectivity index (χ0) is 13.3. The lowest BCUT2D eigenvalue weighted by atomic mass is 9.96. The maximum atomic E-state index is 13.0. The molecule has 0 bridgehead atoms. The highest BCUT2D eigenvalue weighted by Gasteiger charge is 2.32. The predicted octanol–water partition coefficient (Wildman–Crippen LogP) is 1.99. The first-order valence-electron chi connectivity index (χ1n) is 5.58. The Morgan fingerprint density at radius 2 is 1.94 bits per heavy atom. The summed E-state index contributed by atoms with van der Waals surface area (Å²) in [6.45, 7) is 1.82. The number of piperidine rings is 1. The van der Waals surface area contributed by atoms with Crippen molar-refractivity contribution in [3.05, 3.63) is 29.6 Å². The summed E-state index contributed by atoms with van der Waals surface area (Å²) >= 11 is 0. The lowest BCUT2D eigenvalue weighted by Gasteiger charge is -2.28. The maximum Gasteiger partial charge on any atom is 0.234 e. The number of nitriles is 1. The maximum absolute atomic E-state index is 13.0. The standard InChI is InChI=1S/C13H11FN2O2/c1-8-4-12(17)16(13(18)5-8)11-3-2-10(14)6-9(11)7-15/h2-3,6,8H,4-5H2,1H3. The van der Waals surface area contributed by atoms with E-state index in [0.717, 1.165) is 17.0 Å². The van der Waals surface area contributed by atoms with Gasteiger partial charge in [-0.25, -0.2) is 9.29 Å². The van der Waals surface area contributed by atoms with Gasteiger partial charge in [0.15, 0.2) is 0 Å². The molecule has 0 aromatic heterocycles. The average molecular weight is 246 g/mol. The number of rotatable bonds is 1. The van der Waals surface area contributed by atoms with E-state index >= 15 is 0 Å². The minimum Gasteiger partial charge on any atom is -0.274 e. The Kier molecular flexibility index (Phi) is 3.11. The fraction of sp³-hybridized carbons (Fsp3) is 0.308. The molecule has 0 radical (unpaired) electrons. The van der Waals surface area contributed by atoms with Crippen molar-refractivity contribution in [2.75, 3.05) is 4.90 Å². The van der Waals surface area contributed by atoms with Gasteiger partial charge in [0.05, 0.1) is 11.3 Å². The van der Waals surface area contributed by atoms with Crippen LogP contribution < -0.4 is 4.90 Å². The Morgan fingerprint density at radius 1 is 1.33 bits per heavy atom. The Labute approximate surface area is 104 Å². The summed E-state index contributed by atoms with van der Waals surface area (Å²) in [6, 6.07) is 5.25. The van der Waals surface area contributed by atoms with Crippen LogP contribution in [0.5, 0.6) is 0 Å². The van der Waals surface area contributed by atoms with E-state index in [2.05, 4.69) is 0 Å². The van der Waals surface area contributed by atoms with E-state index < -0.39 is 5.82 Å². The molecule has 0 spiro atoms. The second kappa shape index (κ2) is 4.57. The van der Waals surface area contributed by atoms with Crippen LogP contribution in [0.3, 0.4) is 0 Å². The third-order valence-corrected chi connectivity index (χ3v) is 2.86. The Morgan fingerprint density at radius 3 is 2.50 bits per heavy atom. The molecule has 1 saturated heterocycles. The summed E-state index contributed by atoms with van der Waals surface area (Å²) in [5.41, 5.74) is 0.159. The Bertz CT molecular complexity index is 545. The molecule has 1 aromatic carbocycles. The largest absolute Gasteiger partial charge is 0.274 e. The van der Waals surface area contributed by atoms with E-state index in [4.69, 9.17) is 5.26 Å². The zero-order valence-corrected chi connectivity index (χ0v) is 9.81. The van der Waals surface area contributed by atoms with Gasteiger partial charge in [-0.3, -0.25) is 9.59 Å². The van der Waals surface area contributed by atoms with Crippen molar-refractivity contribution in [1.82, 2.24) is 0 Å². The van der Waals surface area contributed by atoms with Crippen molar-refractivity contribution in [3.63, 3.8) is 0 Å². The van der Waals surface area contributed by atoms with Crippen LogP contribution in [0, 0.1) is 23.1 Å². The Hall–Kier alpha value is -2.22. The second-order valence-corrected chi connectivity index (χ2v) is 4.41. The van der Waals surface area contributed by atoms with Gasteiger partial charge in [0.2, 0.25) is 11.8 Å². The molecule has 92 valence electrons. The highest BCUT2D eigenvalue weighted by atomic mass is 19.1. The summed E-state index contributed by atoms with van der Waals surface area (Å²) in [5, 5.41) is 8.93. The van der Waals surface area contributed by atoms with Crippen molar-refractivity contribution in [2.45, 2.75) is 19.8 Å². The zero-order valence-electron chi connectivity index (χ0n) is 9.81. The summed E-state index contributed by atoms with van der Waals surface area (Å²) in [4.78, 5) is 24.7. The van der Waals surface area contributed by atoms with Crippen LogP contribution in [-0.4, -0.2) is 11.8 Å². The predicted molar refractivity (Wildman–Crippen MR) is 62.0 cm³/mol. The highest BCUT2D eigenvalue weighted by molar-refractivity contribution is 6.17. The van der Waals surface area contributed by atoms with E-state index in [9.17, 15) is 14.0 Å². The fourth-order valence-corrected chi connectivity index (χ4v) is 2.05. The van der Waals surface area contributed by atoms with E-state index in [0.29, 0.717) is 0 Å². The topological polar surface area (TPSA) is 61.2 Å². The van der Waals surface area contributed by atoms with Crippen molar-refractivity contribution in [2.24, 2.45) is 5.92 Å². The third kappa shape index (κ3) is 2.09. The fourth-order valence-electron chi connectivity index (χ4n) is 2.05. The molecule has 1 aliphatic heterocycles. The van der Waals surface area contributed by atoms with Gasteiger partial charge in [0.1, 0.15) is 11.9 Å². The summed E-state index contributed by atoms with van der Waals surface area (Å²) in [6.07, 6.45) is 0.516. The smallest absolute Gasteiger partial charge is 0.234 e. The molecule has 1 fully saturated rings. The molecular formula is C13H11FN2O2. The number of amides is 2. The van der Waals surface area contributed by atoms with Gasteiger partial charge in [0.25, 0.3) is 0 Å². The van der Waals surface area contributed by atoms with Gasteiger partial charge in [-0.05, 0) is 24.1 Å². The number of benzene rings is 1. The molecular weight excluding hydrogens is 235 g/mol. The van der Waals surface area contributed by atoms with Crippen LogP contribution in [0.25, 0.3) is 0 Å². The van der Waals surface area contributed by atoms with Crippen molar-refractivity contribution >= 4 is 17.5 Å². The molecule has 1 aliphatic rings. The van der Waals surface area contributed by atoms with Crippen LogP contribution in [0.15, 0.2) is 18.2 Å². The second-order valence-electron chi connectivity index (χ2n) is 4.41. The number of imide groups is 1. The average Bonchev–Trinajstić information content (AvgIpc) is 2.29. The SMILES string of the molecule is CC1CC(=O)N(c2ccc(F)cc2C#N)C(=O)C1. The number of hydrogen-bond acceptors (Lipinski definition) is 3. The minimum absolute atomic E-state index is 0.00670. The van der Waals surface area contributed by atoms with Gasteiger partial charge in [-0.15, -0.1) is 0 Å². The number of nitrogens with zero attached hydrogens (tertiary/aromatic N) is 2. The van der Waals surface area contributed by atoms with Crippen LogP contribution in [0.2, 0.25) is 0 Å². The molecule has 2 amide bonds. The third-order valence-electron chi connectivity index (χ3n) is 2.86. The van der Waals surface area contributed by atoms with Crippen LogP contribution in [0.1, 0.15) is 25.3 Å². The Balaban J connectivity index is 2.46. The van der Waals surface area contributed by atoms with Crippen LogP contribution in [-0.2, 0) is 9.59 Å². The number of hydrogen-bond donors (Lipinski definition) is 0. The van der Waals surface area contributed by atoms with E-state index in [1.54, 1.807) is 6.07 Å². The van der Waals surface area contributed by atoms with Crippen molar-refractivity contribution < 1.29 is 14.0 Å². The van der Waals surface area contributed by atoms with E-state index in [1.807, 2.05) is 6.92 Å². The molecule has 5 heteroatoms. The molecule has 4 nitrogen and oxygen atoms in total.